The fraction of sp³-hybridized carbons (Fsp3) is 0.370. The zero-order valence-corrected chi connectivity index (χ0v) is 21.9. The number of carbonyl (C=O) groups excluding carboxylic acids is 2. The Morgan fingerprint density at radius 2 is 1.80 bits per heavy atom. The number of benzene rings is 1. The van der Waals surface area contributed by atoms with E-state index in [1.807, 2.05) is 63.3 Å². The molecule has 3 rings (SSSR count). The second-order valence-corrected chi connectivity index (χ2v) is 8.27. The highest BCUT2D eigenvalue weighted by Crippen LogP contribution is 2.24. The van der Waals surface area contributed by atoms with Gasteiger partial charge in [0.25, 0.3) is 5.24 Å². The number of aliphatic hydroxyl groups is 1. The highest BCUT2D eigenvalue weighted by Gasteiger charge is 2.31. The van der Waals surface area contributed by atoms with Crippen LogP contribution in [0.3, 0.4) is 0 Å². The maximum absolute atomic E-state index is 11.6. The third-order valence-electron chi connectivity index (χ3n) is 4.63. The van der Waals surface area contributed by atoms with E-state index in [-0.39, 0.29) is 23.0 Å². The van der Waals surface area contributed by atoms with Crippen LogP contribution in [-0.2, 0) is 22.4 Å². The van der Waals surface area contributed by atoms with E-state index in [0.29, 0.717) is 17.9 Å². The van der Waals surface area contributed by atoms with Gasteiger partial charge in [-0.25, -0.2) is 0 Å². The largest absolute Gasteiger partial charge is 0.504 e. The normalized spacial score (nSPS) is 15.7. The van der Waals surface area contributed by atoms with Gasteiger partial charge in [-0.1, -0.05) is 62.9 Å². The molecule has 0 saturated carbocycles. The van der Waals surface area contributed by atoms with E-state index in [4.69, 9.17) is 4.74 Å². The lowest BCUT2D eigenvalue weighted by Crippen LogP contribution is -2.25. The minimum absolute atomic E-state index is 0.104. The van der Waals surface area contributed by atoms with Gasteiger partial charge in [-0.3, -0.25) is 19.9 Å². The Morgan fingerprint density at radius 1 is 1.11 bits per heavy atom. The average Bonchev–Trinajstić information content (AvgIpc) is 3.21. The molecule has 0 aliphatic carbocycles. The summed E-state index contributed by atoms with van der Waals surface area (Å²) in [7, 11) is 1.62. The molecule has 1 fully saturated rings. The van der Waals surface area contributed by atoms with Crippen molar-refractivity contribution in [3.8, 4) is 5.75 Å². The molecule has 2 aromatic rings. The highest BCUT2D eigenvalue weighted by atomic mass is 32.2. The third-order valence-corrected chi connectivity index (χ3v) is 5.62. The summed E-state index contributed by atoms with van der Waals surface area (Å²) < 4.78 is 10.2. The smallest absolute Gasteiger partial charge is 0.286 e. The maximum Gasteiger partial charge on any atom is 0.286 e. The van der Waals surface area contributed by atoms with Gasteiger partial charge in [0.1, 0.15) is 18.5 Å². The van der Waals surface area contributed by atoms with Gasteiger partial charge in [-0.05, 0) is 55.2 Å². The van der Waals surface area contributed by atoms with E-state index in [1.165, 1.54) is 0 Å². The first-order valence-electron chi connectivity index (χ1n) is 11.6. The molecule has 2 amide bonds. The first-order valence-corrected chi connectivity index (χ1v) is 12.5. The monoisotopic (exact) mass is 500 g/mol. The molecular weight excluding hydrogens is 464 g/mol. The lowest BCUT2D eigenvalue weighted by atomic mass is 10.1. The molecule has 2 atom stereocenters. The predicted octanol–water partition coefficient (Wildman–Crippen LogP) is 5.40. The van der Waals surface area contributed by atoms with Gasteiger partial charge in [0, 0.05) is 6.20 Å². The summed E-state index contributed by atoms with van der Waals surface area (Å²) >= 11 is 1.02. The molecule has 8 heteroatoms. The molecule has 7 nitrogen and oxygen atoms in total. The summed E-state index contributed by atoms with van der Waals surface area (Å²) in [5.41, 5.74) is 2.64. The van der Waals surface area contributed by atoms with Crippen molar-refractivity contribution in [2.45, 2.75) is 51.9 Å². The highest BCUT2D eigenvalue weighted by molar-refractivity contribution is 8.15. The number of aliphatic hydroxyl groups excluding tert-OH is 1. The molecule has 190 valence electrons. The second-order valence-electron chi connectivity index (χ2n) is 7.09. The van der Waals surface area contributed by atoms with Crippen molar-refractivity contribution in [1.29, 1.82) is 0 Å². The van der Waals surface area contributed by atoms with Crippen LogP contribution in [0.1, 0.15) is 50.6 Å². The molecule has 1 saturated heterocycles. The lowest BCUT2D eigenvalue weighted by Gasteiger charge is -2.13. The Kier molecular flexibility index (Phi) is 14.8. The molecule has 0 bridgehead atoms. The van der Waals surface area contributed by atoms with Crippen LogP contribution in [0.25, 0.3) is 0 Å². The van der Waals surface area contributed by atoms with Crippen LogP contribution in [0.5, 0.6) is 5.75 Å². The van der Waals surface area contributed by atoms with E-state index in [0.717, 1.165) is 29.3 Å². The summed E-state index contributed by atoms with van der Waals surface area (Å²) in [6.07, 6.45) is 9.65. The van der Waals surface area contributed by atoms with E-state index in [2.05, 4.69) is 22.0 Å². The fourth-order valence-electron chi connectivity index (χ4n) is 2.80. The zero-order valence-electron chi connectivity index (χ0n) is 21.1. The summed E-state index contributed by atoms with van der Waals surface area (Å²) in [6.45, 7) is 8.11. The van der Waals surface area contributed by atoms with Crippen molar-refractivity contribution < 1.29 is 24.2 Å². The molecule has 2 N–H and O–H groups in total. The number of thioether (sulfide) groups is 1. The molecule has 2 heterocycles. The molecule has 35 heavy (non-hydrogen) atoms. The lowest BCUT2D eigenvalue weighted by molar-refractivity contribution is -0.118. The van der Waals surface area contributed by atoms with Crippen molar-refractivity contribution in [1.82, 2.24) is 10.3 Å². The molecule has 1 aliphatic heterocycles. The van der Waals surface area contributed by atoms with Gasteiger partial charge < -0.3 is 14.6 Å². The molecule has 0 radical (unpaired) electrons. The van der Waals surface area contributed by atoms with Crippen molar-refractivity contribution in [3.05, 3.63) is 83.9 Å². The summed E-state index contributed by atoms with van der Waals surface area (Å²) in [5.74, 6) is 0.377. The van der Waals surface area contributed by atoms with Crippen LogP contribution >= 0.6 is 11.8 Å². The Hall–Kier alpha value is -3.10. The first kappa shape index (κ1) is 29.9. The minimum atomic E-state index is -0.801. The van der Waals surface area contributed by atoms with Gasteiger partial charge in [-0.2, -0.15) is 0 Å². The topological polar surface area (TPSA) is 97.7 Å². The van der Waals surface area contributed by atoms with Crippen molar-refractivity contribution in [3.63, 3.8) is 0 Å². The number of nitrogens with zero attached hydrogens (tertiary/aromatic N) is 1. The first-order chi connectivity index (χ1) is 17.0. The molecular formula is C27H36N2O5S. The molecule has 1 aromatic heterocycles. The van der Waals surface area contributed by atoms with E-state index in [1.54, 1.807) is 31.7 Å². The number of nitrogens with one attached hydrogen (secondary N) is 1. The van der Waals surface area contributed by atoms with Crippen LogP contribution in [0, 0.1) is 0 Å². The van der Waals surface area contributed by atoms with E-state index < -0.39 is 6.10 Å². The van der Waals surface area contributed by atoms with Crippen molar-refractivity contribution >= 4 is 22.9 Å². The average molecular weight is 501 g/mol. The SMILES string of the molecule is C/C=C/C=C/OC.CC.CCc1ccc(C(O)COc2ccc(C[C@H]3SC(=O)NC3=O)cc2)nc1. The minimum Gasteiger partial charge on any atom is -0.504 e. The fourth-order valence-corrected chi connectivity index (χ4v) is 3.66. The Balaban J connectivity index is 0.000000587. The number of aryl methyl sites for hydroxylation is 1. The predicted molar refractivity (Wildman–Crippen MR) is 141 cm³/mol. The summed E-state index contributed by atoms with van der Waals surface area (Å²) in [5, 5.41) is 11.8. The summed E-state index contributed by atoms with van der Waals surface area (Å²) in [4.78, 5) is 27.0. The maximum atomic E-state index is 11.6. The van der Waals surface area contributed by atoms with Gasteiger partial charge >= 0.3 is 0 Å². The van der Waals surface area contributed by atoms with Gasteiger partial charge in [-0.15, -0.1) is 0 Å². The van der Waals surface area contributed by atoms with Crippen LogP contribution < -0.4 is 10.1 Å². The molecule has 1 aromatic carbocycles. The van der Waals surface area contributed by atoms with Crippen LogP contribution in [0.4, 0.5) is 4.79 Å². The van der Waals surface area contributed by atoms with Crippen LogP contribution in [0.15, 0.2) is 67.1 Å². The van der Waals surface area contributed by atoms with Crippen molar-refractivity contribution in [2.75, 3.05) is 13.7 Å². The number of hydrogen-bond donors (Lipinski definition) is 2. The van der Waals surface area contributed by atoms with Gasteiger partial charge in [0.05, 0.1) is 24.3 Å². The number of carbonyl (C=O) groups is 2. The number of ether oxygens (including phenoxy) is 2. The Morgan fingerprint density at radius 3 is 2.31 bits per heavy atom. The van der Waals surface area contributed by atoms with E-state index in [9.17, 15) is 14.7 Å². The Labute approximate surface area is 212 Å². The second kappa shape index (κ2) is 17.4. The number of imide groups is 1. The van der Waals surface area contributed by atoms with Gasteiger partial charge in [0.2, 0.25) is 5.91 Å². The van der Waals surface area contributed by atoms with Crippen LogP contribution in [0.2, 0.25) is 0 Å². The van der Waals surface area contributed by atoms with Crippen LogP contribution in [-0.4, -0.2) is 40.2 Å². The standard InChI is InChI=1S/C19H20N2O4S.C6H10O.C2H6/c1-2-12-5-8-15(20-10-12)16(22)11-25-14-6-3-13(4-7-14)9-17-18(23)21-19(24)26-17;1-3-4-5-6-7-2;1-2/h3-8,10,16-17,22H,2,9,11H2,1H3,(H,21,23,24);3-6H,1-2H3;1-2H3/b;4-3+,6-5+;/t16?,17-;;/m1../s1. The van der Waals surface area contributed by atoms with E-state index >= 15 is 0 Å². The van der Waals surface area contributed by atoms with Crippen molar-refractivity contribution in [2.24, 2.45) is 0 Å². The number of aromatic nitrogens is 1. The molecule has 1 aliphatic rings. The Bertz CT molecular complexity index is 943. The number of rotatable bonds is 9. The number of pyridine rings is 1. The number of amides is 2. The number of methoxy groups -OCH3 is 1. The molecule has 1 unspecified atom stereocenters. The summed E-state index contributed by atoms with van der Waals surface area (Å²) in [6, 6.07) is 11.0. The molecule has 0 spiro atoms. The zero-order chi connectivity index (χ0) is 26.1. The third kappa shape index (κ3) is 11.2. The quantitative estimate of drug-likeness (QED) is 0.351. The number of allylic oxidation sites excluding steroid dienone is 3. The number of hydrogen-bond acceptors (Lipinski definition) is 7. The van der Waals surface area contributed by atoms with Gasteiger partial charge in [0.15, 0.2) is 0 Å².